The topological polar surface area (TPSA) is 89.6 Å². The van der Waals surface area contributed by atoms with Crippen LogP contribution < -0.4 is 5.73 Å². The van der Waals surface area contributed by atoms with Gasteiger partial charge in [-0.25, -0.2) is 0 Å². The van der Waals surface area contributed by atoms with E-state index in [1.807, 2.05) is 0 Å². The number of ether oxygens (including phenoxy) is 1. The fourth-order valence-corrected chi connectivity index (χ4v) is 1.25. The van der Waals surface area contributed by atoms with Gasteiger partial charge in [-0.3, -0.25) is 9.59 Å². The fourth-order valence-electron chi connectivity index (χ4n) is 1.25. The van der Waals surface area contributed by atoms with E-state index in [0.29, 0.717) is 6.42 Å². The molecule has 0 radical (unpaired) electrons. The van der Waals surface area contributed by atoms with Crippen molar-refractivity contribution in [2.45, 2.75) is 18.4 Å². The van der Waals surface area contributed by atoms with Gasteiger partial charge in [0.2, 0.25) is 0 Å². The first-order valence-electron chi connectivity index (χ1n) is 3.60. The molecule has 0 amide bonds. The highest BCUT2D eigenvalue weighted by molar-refractivity contribution is 5.86. The number of nitrogens with two attached hydrogens (primary N) is 1. The van der Waals surface area contributed by atoms with E-state index < -0.39 is 17.5 Å². The maximum absolute atomic E-state index is 10.9. The molecule has 0 aromatic rings. The molecule has 12 heavy (non-hydrogen) atoms. The smallest absolute Gasteiger partial charge is 0.326 e. The third-order valence-electron chi connectivity index (χ3n) is 2.14. The first kappa shape index (κ1) is 8.99. The molecule has 0 saturated heterocycles. The summed E-state index contributed by atoms with van der Waals surface area (Å²) < 4.78 is 4.43. The number of hydrogen-bond acceptors (Lipinski definition) is 4. The molecule has 0 bridgehead atoms. The number of carboxylic acids is 1. The zero-order valence-electron chi connectivity index (χ0n) is 6.74. The first-order chi connectivity index (χ1) is 5.50. The van der Waals surface area contributed by atoms with Crippen molar-refractivity contribution >= 4 is 11.9 Å². The zero-order chi connectivity index (χ0) is 9.35. The molecule has 68 valence electrons. The van der Waals surface area contributed by atoms with Crippen LogP contribution in [-0.2, 0) is 14.3 Å². The number of rotatable bonds is 3. The fraction of sp³-hybridized carbons (Fsp3) is 0.714. The molecular formula is C7H11NO4. The van der Waals surface area contributed by atoms with Crippen molar-refractivity contribution < 1.29 is 19.4 Å². The summed E-state index contributed by atoms with van der Waals surface area (Å²) >= 11 is 0. The van der Waals surface area contributed by atoms with Gasteiger partial charge >= 0.3 is 11.9 Å². The van der Waals surface area contributed by atoms with E-state index in [0.717, 1.165) is 0 Å². The Morgan fingerprint density at radius 1 is 1.75 bits per heavy atom. The number of hydrogen-bond donors (Lipinski definition) is 2. The van der Waals surface area contributed by atoms with Gasteiger partial charge in [-0.1, -0.05) is 0 Å². The Kier molecular flexibility index (Phi) is 2.06. The summed E-state index contributed by atoms with van der Waals surface area (Å²) in [4.78, 5) is 21.2. The van der Waals surface area contributed by atoms with Crippen molar-refractivity contribution in [1.29, 1.82) is 0 Å². The Balaban J connectivity index is 2.48. The first-order valence-corrected chi connectivity index (χ1v) is 3.60. The van der Waals surface area contributed by atoms with E-state index in [1.54, 1.807) is 0 Å². The lowest BCUT2D eigenvalue weighted by Crippen LogP contribution is -2.36. The highest BCUT2D eigenvalue weighted by Crippen LogP contribution is 2.44. The molecule has 1 aliphatic rings. The lowest BCUT2D eigenvalue weighted by molar-refractivity contribution is -0.144. The Bertz CT molecular complexity index is 227. The molecule has 1 aliphatic carbocycles. The summed E-state index contributed by atoms with van der Waals surface area (Å²) in [5.74, 6) is -1.72. The molecule has 2 atom stereocenters. The molecular weight excluding hydrogens is 162 g/mol. The summed E-state index contributed by atoms with van der Waals surface area (Å²) in [5, 5.41) is 8.40. The van der Waals surface area contributed by atoms with Crippen LogP contribution in [0.15, 0.2) is 0 Å². The highest BCUT2D eigenvalue weighted by atomic mass is 16.5. The van der Waals surface area contributed by atoms with Gasteiger partial charge in [0.05, 0.1) is 13.5 Å². The van der Waals surface area contributed by atoms with Crippen molar-refractivity contribution in [2.24, 2.45) is 11.7 Å². The minimum absolute atomic E-state index is 0.0639. The van der Waals surface area contributed by atoms with Crippen LogP contribution in [0.3, 0.4) is 0 Å². The molecule has 5 heteroatoms. The van der Waals surface area contributed by atoms with E-state index in [4.69, 9.17) is 10.8 Å². The number of aliphatic carboxylic acids is 1. The van der Waals surface area contributed by atoms with Gasteiger partial charge in [0.15, 0.2) is 0 Å². The molecule has 0 aromatic carbocycles. The van der Waals surface area contributed by atoms with Crippen LogP contribution >= 0.6 is 0 Å². The van der Waals surface area contributed by atoms with Crippen LogP contribution in [0, 0.1) is 5.92 Å². The monoisotopic (exact) mass is 173 g/mol. The molecule has 1 saturated carbocycles. The molecule has 0 heterocycles. The quantitative estimate of drug-likeness (QED) is 0.553. The Morgan fingerprint density at radius 2 is 2.33 bits per heavy atom. The number of carbonyl (C=O) groups excluding carboxylic acids is 1. The second kappa shape index (κ2) is 2.75. The number of esters is 1. The summed E-state index contributed by atoms with van der Waals surface area (Å²) in [5.41, 5.74) is 4.52. The lowest BCUT2D eigenvalue weighted by Gasteiger charge is -2.06. The Morgan fingerprint density at radius 3 is 2.75 bits per heavy atom. The predicted octanol–water partition coefficient (Wildman–Crippen LogP) is -0.648. The SMILES string of the molecule is COC(=O)[C@@]1(N)C[C@H]1CC(=O)O. The van der Waals surface area contributed by atoms with Crippen molar-refractivity contribution in [3.05, 3.63) is 0 Å². The van der Waals surface area contributed by atoms with Crippen LogP contribution in [0.4, 0.5) is 0 Å². The zero-order valence-corrected chi connectivity index (χ0v) is 6.74. The van der Waals surface area contributed by atoms with E-state index in [9.17, 15) is 9.59 Å². The number of carboxylic acid groups (broad SMARTS) is 1. The van der Waals surface area contributed by atoms with Gasteiger partial charge in [0, 0.05) is 5.92 Å². The van der Waals surface area contributed by atoms with Crippen LogP contribution in [0.2, 0.25) is 0 Å². The summed E-state index contributed by atoms with van der Waals surface area (Å²) in [6.07, 6.45) is 0.345. The normalized spacial score (nSPS) is 32.7. The largest absolute Gasteiger partial charge is 0.481 e. The minimum Gasteiger partial charge on any atom is -0.481 e. The average Bonchev–Trinajstić information content (AvgIpc) is 2.60. The van der Waals surface area contributed by atoms with E-state index in [2.05, 4.69) is 4.74 Å². The van der Waals surface area contributed by atoms with Gasteiger partial charge in [-0.15, -0.1) is 0 Å². The maximum Gasteiger partial charge on any atom is 0.326 e. The predicted molar refractivity (Wildman–Crippen MR) is 39.3 cm³/mol. The molecule has 5 nitrogen and oxygen atoms in total. The van der Waals surface area contributed by atoms with Crippen molar-refractivity contribution in [3.63, 3.8) is 0 Å². The third-order valence-corrected chi connectivity index (χ3v) is 2.14. The van der Waals surface area contributed by atoms with Gasteiger partial charge < -0.3 is 15.6 Å². The van der Waals surface area contributed by atoms with Gasteiger partial charge in [0.25, 0.3) is 0 Å². The number of carbonyl (C=O) groups is 2. The van der Waals surface area contributed by atoms with Crippen LogP contribution in [0.1, 0.15) is 12.8 Å². The Labute approximate surface area is 69.5 Å². The van der Waals surface area contributed by atoms with Crippen molar-refractivity contribution in [1.82, 2.24) is 0 Å². The molecule has 0 aliphatic heterocycles. The van der Waals surface area contributed by atoms with Gasteiger partial charge in [-0.2, -0.15) is 0 Å². The maximum atomic E-state index is 10.9. The van der Waals surface area contributed by atoms with Crippen LogP contribution in [-0.4, -0.2) is 29.7 Å². The lowest BCUT2D eigenvalue weighted by atomic mass is 10.2. The van der Waals surface area contributed by atoms with Crippen LogP contribution in [0.5, 0.6) is 0 Å². The minimum atomic E-state index is -1.03. The molecule has 0 aromatic heterocycles. The summed E-state index contributed by atoms with van der Waals surface area (Å²) in [6.45, 7) is 0. The molecule has 0 spiro atoms. The van der Waals surface area contributed by atoms with E-state index in [1.165, 1.54) is 7.11 Å². The molecule has 3 N–H and O–H groups in total. The third kappa shape index (κ3) is 1.40. The van der Waals surface area contributed by atoms with Crippen molar-refractivity contribution in [3.8, 4) is 0 Å². The van der Waals surface area contributed by atoms with E-state index in [-0.39, 0.29) is 12.3 Å². The summed E-state index contributed by atoms with van der Waals surface area (Å²) in [6, 6.07) is 0. The average molecular weight is 173 g/mol. The van der Waals surface area contributed by atoms with Gasteiger partial charge in [0.1, 0.15) is 5.54 Å². The summed E-state index contributed by atoms with van der Waals surface area (Å²) in [7, 11) is 1.24. The standard InChI is InChI=1S/C7H11NO4/c1-12-6(11)7(8)3-4(7)2-5(9)10/h4H,2-3,8H2,1H3,(H,9,10)/t4-,7-/m1/s1. The van der Waals surface area contributed by atoms with Crippen LogP contribution in [0.25, 0.3) is 0 Å². The number of methoxy groups -OCH3 is 1. The molecule has 0 unspecified atom stereocenters. The van der Waals surface area contributed by atoms with E-state index >= 15 is 0 Å². The second-order valence-electron chi connectivity index (χ2n) is 3.03. The Hall–Kier alpha value is -1.10. The highest BCUT2D eigenvalue weighted by Gasteiger charge is 2.58. The molecule has 1 rings (SSSR count). The second-order valence-corrected chi connectivity index (χ2v) is 3.03. The van der Waals surface area contributed by atoms with Gasteiger partial charge in [-0.05, 0) is 6.42 Å². The van der Waals surface area contributed by atoms with Crippen molar-refractivity contribution in [2.75, 3.05) is 7.11 Å². The molecule has 1 fully saturated rings.